The standard InChI is InChI=1S/C16H27BN2/c1-5-12-17(13-6-2)19-16(18-14(3)4)15-10-8-7-9-11-15/h7-11,14H,5-6,12-13H2,1-4H3,(H,18,19). The summed E-state index contributed by atoms with van der Waals surface area (Å²) in [6.45, 7) is 9.23. The lowest BCUT2D eigenvalue weighted by atomic mass is 9.56. The average Bonchev–Trinajstić information content (AvgIpc) is 2.39. The third-order valence-corrected chi connectivity index (χ3v) is 3.03. The van der Waals surface area contributed by atoms with Crippen LogP contribution in [-0.2, 0) is 0 Å². The lowest BCUT2D eigenvalue weighted by molar-refractivity contribution is 0.734. The molecule has 0 heterocycles. The predicted octanol–water partition coefficient (Wildman–Crippen LogP) is 4.24. The van der Waals surface area contributed by atoms with Crippen LogP contribution < -0.4 is 5.32 Å². The molecule has 0 saturated carbocycles. The van der Waals surface area contributed by atoms with Crippen LogP contribution in [0.15, 0.2) is 35.2 Å². The number of benzene rings is 1. The maximum Gasteiger partial charge on any atom is 0.281 e. The highest BCUT2D eigenvalue weighted by atomic mass is 15.0. The number of hydrogen-bond donors (Lipinski definition) is 1. The normalized spacial score (nSPS) is 11.7. The van der Waals surface area contributed by atoms with Gasteiger partial charge in [-0.3, -0.25) is 0 Å². The van der Waals surface area contributed by atoms with Gasteiger partial charge in [-0.15, -0.1) is 0 Å². The van der Waals surface area contributed by atoms with Crippen molar-refractivity contribution in [3.63, 3.8) is 0 Å². The third-order valence-electron chi connectivity index (χ3n) is 3.03. The largest absolute Gasteiger partial charge is 0.369 e. The van der Waals surface area contributed by atoms with Gasteiger partial charge in [-0.2, -0.15) is 0 Å². The summed E-state index contributed by atoms with van der Waals surface area (Å²) in [6, 6.07) is 10.9. The number of nitrogens with one attached hydrogen (secondary N) is 1. The van der Waals surface area contributed by atoms with Crippen LogP contribution in [0.3, 0.4) is 0 Å². The molecule has 19 heavy (non-hydrogen) atoms. The van der Waals surface area contributed by atoms with Crippen LogP contribution >= 0.6 is 0 Å². The monoisotopic (exact) mass is 258 g/mol. The molecule has 0 fully saturated rings. The summed E-state index contributed by atoms with van der Waals surface area (Å²) in [5.74, 6) is 1.04. The molecule has 0 spiro atoms. The minimum atomic E-state index is 0.405. The van der Waals surface area contributed by atoms with Crippen LogP contribution in [0.5, 0.6) is 0 Å². The van der Waals surface area contributed by atoms with Gasteiger partial charge in [0.05, 0.1) is 0 Å². The first kappa shape index (κ1) is 15.8. The first-order valence-corrected chi connectivity index (χ1v) is 7.57. The molecule has 0 amide bonds. The number of rotatable bonds is 7. The van der Waals surface area contributed by atoms with E-state index in [9.17, 15) is 0 Å². The summed E-state index contributed by atoms with van der Waals surface area (Å²) in [7, 11) is 0. The minimum Gasteiger partial charge on any atom is -0.369 e. The van der Waals surface area contributed by atoms with Crippen molar-refractivity contribution in [3.05, 3.63) is 35.9 Å². The second-order valence-corrected chi connectivity index (χ2v) is 5.37. The van der Waals surface area contributed by atoms with Gasteiger partial charge >= 0.3 is 0 Å². The van der Waals surface area contributed by atoms with E-state index < -0.39 is 0 Å². The molecule has 1 rings (SSSR count). The van der Waals surface area contributed by atoms with Gasteiger partial charge in [0.2, 0.25) is 0 Å². The molecule has 2 nitrogen and oxygen atoms in total. The molecule has 1 N–H and O–H groups in total. The molecule has 1 aromatic rings. The Morgan fingerprint density at radius 1 is 1.11 bits per heavy atom. The van der Waals surface area contributed by atoms with Crippen molar-refractivity contribution < 1.29 is 0 Å². The maximum atomic E-state index is 4.97. The van der Waals surface area contributed by atoms with Gasteiger partial charge in [0.1, 0.15) is 5.84 Å². The summed E-state index contributed by atoms with van der Waals surface area (Å²) in [5, 5.41) is 3.49. The van der Waals surface area contributed by atoms with E-state index in [4.69, 9.17) is 4.90 Å². The molecule has 0 atom stereocenters. The van der Waals surface area contributed by atoms with Crippen LogP contribution in [0.2, 0.25) is 12.6 Å². The molecule has 104 valence electrons. The Kier molecular flexibility index (Phi) is 7.31. The van der Waals surface area contributed by atoms with Crippen molar-refractivity contribution in [2.45, 2.75) is 59.2 Å². The zero-order valence-corrected chi connectivity index (χ0v) is 12.8. The van der Waals surface area contributed by atoms with Crippen molar-refractivity contribution in [2.24, 2.45) is 4.90 Å². The smallest absolute Gasteiger partial charge is 0.281 e. The molecule has 1 aromatic carbocycles. The molecular formula is C16H27BN2. The lowest BCUT2D eigenvalue weighted by Crippen LogP contribution is -2.33. The van der Waals surface area contributed by atoms with Gasteiger partial charge in [0, 0.05) is 11.6 Å². The molecule has 0 aliphatic rings. The molecule has 0 saturated heterocycles. The van der Waals surface area contributed by atoms with E-state index in [0.717, 1.165) is 5.84 Å². The summed E-state index contributed by atoms with van der Waals surface area (Å²) in [5.41, 5.74) is 1.19. The highest BCUT2D eigenvalue weighted by Gasteiger charge is 2.13. The predicted molar refractivity (Wildman–Crippen MR) is 87.2 cm³/mol. The highest BCUT2D eigenvalue weighted by Crippen LogP contribution is 2.10. The summed E-state index contributed by atoms with van der Waals surface area (Å²) < 4.78 is 0. The maximum absolute atomic E-state index is 4.97. The molecule has 0 bridgehead atoms. The molecule has 0 aliphatic heterocycles. The fourth-order valence-electron chi connectivity index (χ4n) is 2.19. The van der Waals surface area contributed by atoms with Crippen molar-refractivity contribution >= 4 is 12.7 Å². The van der Waals surface area contributed by atoms with E-state index in [2.05, 4.69) is 57.3 Å². The van der Waals surface area contributed by atoms with Crippen LogP contribution in [0, 0.1) is 0 Å². The number of nitrogens with zero attached hydrogens (tertiary/aromatic N) is 1. The Hall–Kier alpha value is -1.25. The van der Waals surface area contributed by atoms with Gasteiger partial charge in [0.25, 0.3) is 6.85 Å². The Morgan fingerprint density at radius 2 is 1.68 bits per heavy atom. The van der Waals surface area contributed by atoms with Crippen molar-refractivity contribution in [3.8, 4) is 0 Å². The minimum absolute atomic E-state index is 0.405. The Morgan fingerprint density at radius 3 is 2.16 bits per heavy atom. The van der Waals surface area contributed by atoms with Gasteiger partial charge in [-0.1, -0.05) is 69.7 Å². The van der Waals surface area contributed by atoms with Gasteiger partial charge < -0.3 is 10.2 Å². The first-order chi connectivity index (χ1) is 9.17. The van der Waals surface area contributed by atoms with E-state index in [1.165, 1.54) is 31.0 Å². The topological polar surface area (TPSA) is 24.4 Å². The molecule has 0 aliphatic carbocycles. The zero-order chi connectivity index (χ0) is 14.1. The van der Waals surface area contributed by atoms with Gasteiger partial charge in [0.15, 0.2) is 0 Å². The second kappa shape index (κ2) is 8.79. The van der Waals surface area contributed by atoms with E-state index in [1.54, 1.807) is 0 Å². The molecule has 0 radical (unpaired) electrons. The summed E-state index contributed by atoms with van der Waals surface area (Å²) in [6.07, 6.45) is 4.73. The average molecular weight is 258 g/mol. The van der Waals surface area contributed by atoms with E-state index in [0.29, 0.717) is 12.9 Å². The number of amidine groups is 1. The third kappa shape index (κ3) is 5.95. The SMILES string of the molecule is CCCB(CCC)N=C(NC(C)C)c1ccccc1. The number of hydrogen-bond acceptors (Lipinski definition) is 1. The fraction of sp³-hybridized carbons (Fsp3) is 0.562. The first-order valence-electron chi connectivity index (χ1n) is 7.57. The van der Waals surface area contributed by atoms with E-state index in [1.807, 2.05) is 6.07 Å². The Balaban J connectivity index is 2.94. The van der Waals surface area contributed by atoms with Gasteiger partial charge in [-0.25, -0.2) is 0 Å². The summed E-state index contributed by atoms with van der Waals surface area (Å²) in [4.78, 5) is 4.97. The summed E-state index contributed by atoms with van der Waals surface area (Å²) >= 11 is 0. The van der Waals surface area contributed by atoms with Crippen LogP contribution in [-0.4, -0.2) is 18.7 Å². The molecular weight excluding hydrogens is 231 g/mol. The molecule has 0 unspecified atom stereocenters. The Labute approximate surface area is 118 Å². The van der Waals surface area contributed by atoms with Crippen LogP contribution in [0.1, 0.15) is 46.1 Å². The van der Waals surface area contributed by atoms with E-state index in [-0.39, 0.29) is 0 Å². The highest BCUT2D eigenvalue weighted by molar-refractivity contribution is 6.58. The van der Waals surface area contributed by atoms with Crippen molar-refractivity contribution in [1.82, 2.24) is 5.32 Å². The Bertz CT molecular complexity index is 368. The zero-order valence-electron chi connectivity index (χ0n) is 12.8. The van der Waals surface area contributed by atoms with Crippen molar-refractivity contribution in [2.75, 3.05) is 0 Å². The fourth-order valence-corrected chi connectivity index (χ4v) is 2.19. The quantitative estimate of drug-likeness (QED) is 0.441. The molecule has 3 heteroatoms. The van der Waals surface area contributed by atoms with Crippen LogP contribution in [0.4, 0.5) is 0 Å². The second-order valence-electron chi connectivity index (χ2n) is 5.37. The van der Waals surface area contributed by atoms with Crippen molar-refractivity contribution in [1.29, 1.82) is 0 Å². The molecule has 0 aromatic heterocycles. The van der Waals surface area contributed by atoms with E-state index >= 15 is 0 Å². The van der Waals surface area contributed by atoms with Crippen LogP contribution in [0.25, 0.3) is 0 Å². The van der Waals surface area contributed by atoms with Gasteiger partial charge in [-0.05, 0) is 13.8 Å². The lowest BCUT2D eigenvalue weighted by Gasteiger charge is -2.16.